The molecule has 5 rings (SSSR count). The number of pyridine rings is 2. The van der Waals surface area contributed by atoms with Crippen LogP contribution in [-0.2, 0) is 18.4 Å². The van der Waals surface area contributed by atoms with Gasteiger partial charge in [0.2, 0.25) is 0 Å². The van der Waals surface area contributed by atoms with Crippen molar-refractivity contribution in [1.29, 1.82) is 0 Å². The highest BCUT2D eigenvalue weighted by Gasteiger charge is 2.54. The van der Waals surface area contributed by atoms with Gasteiger partial charge in [0.25, 0.3) is 5.56 Å². The van der Waals surface area contributed by atoms with Crippen LogP contribution in [0.2, 0.25) is 0 Å². The van der Waals surface area contributed by atoms with Crippen LogP contribution in [0.1, 0.15) is 18.4 Å². The van der Waals surface area contributed by atoms with Crippen LogP contribution >= 0.6 is 0 Å². The van der Waals surface area contributed by atoms with E-state index in [1.165, 1.54) is 0 Å². The number of carbonyl (C=O) groups is 1. The number of ether oxygens (including phenoxy) is 2. The van der Waals surface area contributed by atoms with Gasteiger partial charge in [0.05, 0.1) is 31.1 Å². The molecule has 1 aliphatic carbocycles. The number of aromatic nitrogens is 2. The molecule has 8 nitrogen and oxygen atoms in total. The second-order valence-electron chi connectivity index (χ2n) is 9.33. The van der Waals surface area contributed by atoms with E-state index in [-0.39, 0.29) is 16.9 Å². The summed E-state index contributed by atoms with van der Waals surface area (Å²) < 4.78 is 13.1. The minimum absolute atomic E-state index is 0.0924. The third-order valence-corrected chi connectivity index (χ3v) is 7.11. The Kier molecular flexibility index (Phi) is 5.12. The molecular formula is C25H27N3O5. The number of carboxylic acids is 1. The van der Waals surface area contributed by atoms with Crippen molar-refractivity contribution in [2.75, 3.05) is 27.3 Å². The summed E-state index contributed by atoms with van der Waals surface area (Å²) in [6.07, 6.45) is 6.64. The number of aryl methyl sites for hydroxylation is 1. The molecule has 0 atom stereocenters. The van der Waals surface area contributed by atoms with E-state index in [1.807, 2.05) is 24.4 Å². The second-order valence-corrected chi connectivity index (χ2v) is 9.33. The summed E-state index contributed by atoms with van der Waals surface area (Å²) >= 11 is 0. The lowest BCUT2D eigenvalue weighted by atomic mass is 9.57. The molecule has 8 heteroatoms. The molecule has 172 valence electrons. The van der Waals surface area contributed by atoms with Gasteiger partial charge in [-0.1, -0.05) is 0 Å². The van der Waals surface area contributed by atoms with E-state index in [0.717, 1.165) is 59.5 Å². The molecule has 1 aliphatic heterocycles. The monoisotopic (exact) mass is 449 g/mol. The Morgan fingerprint density at radius 1 is 1.18 bits per heavy atom. The Morgan fingerprint density at radius 3 is 2.45 bits per heavy atom. The Hall–Kier alpha value is -3.39. The minimum Gasteiger partial charge on any atom is -0.496 e. The van der Waals surface area contributed by atoms with E-state index in [9.17, 15) is 14.7 Å². The summed E-state index contributed by atoms with van der Waals surface area (Å²) in [5.74, 6) is 0.568. The van der Waals surface area contributed by atoms with E-state index >= 15 is 0 Å². The van der Waals surface area contributed by atoms with E-state index in [4.69, 9.17) is 9.47 Å². The highest BCUT2D eigenvalue weighted by Crippen LogP contribution is 2.52. The van der Waals surface area contributed by atoms with E-state index in [1.54, 1.807) is 38.2 Å². The van der Waals surface area contributed by atoms with Gasteiger partial charge in [-0.2, -0.15) is 0 Å². The van der Waals surface area contributed by atoms with Gasteiger partial charge in [0.15, 0.2) is 0 Å². The van der Waals surface area contributed by atoms with Gasteiger partial charge in [-0.05, 0) is 47.4 Å². The molecule has 1 saturated carbocycles. The van der Waals surface area contributed by atoms with Gasteiger partial charge >= 0.3 is 5.97 Å². The van der Waals surface area contributed by atoms with Crippen LogP contribution < -0.4 is 15.0 Å². The molecule has 2 aliphatic rings. The van der Waals surface area contributed by atoms with Gasteiger partial charge in [-0.15, -0.1) is 0 Å². The maximum Gasteiger partial charge on any atom is 0.306 e. The molecule has 0 radical (unpaired) electrons. The predicted molar refractivity (Wildman–Crippen MR) is 124 cm³/mol. The Labute approximate surface area is 191 Å². The molecule has 2 aromatic heterocycles. The van der Waals surface area contributed by atoms with Gasteiger partial charge in [-0.25, -0.2) is 0 Å². The van der Waals surface area contributed by atoms with Crippen LogP contribution in [0.3, 0.4) is 0 Å². The zero-order chi connectivity index (χ0) is 23.3. The van der Waals surface area contributed by atoms with Crippen molar-refractivity contribution >= 4 is 16.7 Å². The van der Waals surface area contributed by atoms with Crippen molar-refractivity contribution < 1.29 is 19.4 Å². The summed E-state index contributed by atoms with van der Waals surface area (Å²) in [5, 5.41) is 10.6. The number of rotatable bonds is 6. The summed E-state index contributed by atoms with van der Waals surface area (Å²) in [5.41, 5.74) is 2.82. The Morgan fingerprint density at radius 2 is 1.85 bits per heavy atom. The number of likely N-dealkylation sites (tertiary alicyclic amines) is 1. The normalized spacial score (nSPS) is 17.5. The fourth-order valence-electron chi connectivity index (χ4n) is 5.49. The molecule has 1 N–H and O–H groups in total. The molecule has 1 saturated heterocycles. The van der Waals surface area contributed by atoms with Crippen molar-refractivity contribution in [3.8, 4) is 22.6 Å². The van der Waals surface area contributed by atoms with Gasteiger partial charge in [0.1, 0.15) is 11.5 Å². The average Bonchev–Trinajstić information content (AvgIpc) is 2.76. The minimum atomic E-state index is -0.681. The Bertz CT molecular complexity index is 1280. The van der Waals surface area contributed by atoms with Crippen LogP contribution in [0.4, 0.5) is 0 Å². The molecule has 0 bridgehead atoms. The topological polar surface area (TPSA) is 93.9 Å². The van der Waals surface area contributed by atoms with Crippen LogP contribution in [0.5, 0.6) is 11.5 Å². The lowest BCUT2D eigenvalue weighted by Gasteiger charge is -2.58. The average molecular weight is 450 g/mol. The first-order valence-electron chi connectivity index (χ1n) is 11.0. The lowest BCUT2D eigenvalue weighted by molar-refractivity contribution is -0.161. The number of fused-ring (bicyclic) bond motifs is 1. The molecule has 3 aromatic rings. The van der Waals surface area contributed by atoms with Gasteiger partial charge < -0.3 is 19.1 Å². The van der Waals surface area contributed by atoms with Crippen molar-refractivity contribution in [1.82, 2.24) is 14.5 Å². The van der Waals surface area contributed by atoms with Crippen molar-refractivity contribution in [3.05, 3.63) is 52.7 Å². The standard InChI is InChI=1S/C25H27N3O5/c1-27-11-19(17-4-5-26-10-18(17)23(27)29)15-6-21(32-2)20(22(7-15)33-3)12-28-13-25(14-28)8-16(9-25)24(30)31/h4-7,10-11,16H,8-9,12-14H2,1-3H3,(H,30,31). The predicted octanol–water partition coefficient (Wildman–Crippen LogP) is 2.91. The quantitative estimate of drug-likeness (QED) is 0.618. The SMILES string of the molecule is COc1cc(-c2cn(C)c(=O)c3cnccc23)cc(OC)c1CN1CC2(CC(C(=O)O)C2)C1. The van der Waals surface area contributed by atoms with Crippen molar-refractivity contribution in [2.45, 2.75) is 19.4 Å². The smallest absolute Gasteiger partial charge is 0.306 e. The van der Waals surface area contributed by atoms with Crippen molar-refractivity contribution in [3.63, 3.8) is 0 Å². The highest BCUT2D eigenvalue weighted by atomic mass is 16.5. The molecule has 0 amide bonds. The number of aliphatic carboxylic acids is 1. The number of carboxylic acid groups (broad SMARTS) is 1. The summed E-state index contributed by atoms with van der Waals surface area (Å²) in [6, 6.07) is 5.81. The molecule has 1 spiro atoms. The van der Waals surface area contributed by atoms with Crippen LogP contribution in [0.25, 0.3) is 21.9 Å². The molecule has 2 fully saturated rings. The van der Waals surface area contributed by atoms with E-state index in [2.05, 4.69) is 9.88 Å². The first-order valence-corrected chi connectivity index (χ1v) is 11.0. The number of hydrogen-bond donors (Lipinski definition) is 1. The third-order valence-electron chi connectivity index (χ3n) is 7.11. The van der Waals surface area contributed by atoms with Gasteiger partial charge in [-0.3, -0.25) is 19.5 Å². The molecule has 3 heterocycles. The largest absolute Gasteiger partial charge is 0.496 e. The summed E-state index contributed by atoms with van der Waals surface area (Å²) in [7, 11) is 5.02. The molecule has 0 unspecified atom stereocenters. The lowest BCUT2D eigenvalue weighted by Crippen LogP contribution is -2.62. The Balaban J connectivity index is 1.46. The highest BCUT2D eigenvalue weighted by molar-refractivity contribution is 5.95. The maximum absolute atomic E-state index is 12.5. The zero-order valence-electron chi connectivity index (χ0n) is 19.0. The van der Waals surface area contributed by atoms with Crippen LogP contribution in [-0.4, -0.2) is 52.8 Å². The number of hydrogen-bond acceptors (Lipinski definition) is 6. The van der Waals surface area contributed by atoms with Crippen LogP contribution in [0.15, 0.2) is 41.6 Å². The molecule has 33 heavy (non-hydrogen) atoms. The second kappa shape index (κ2) is 7.88. The van der Waals surface area contributed by atoms with E-state index < -0.39 is 5.97 Å². The van der Waals surface area contributed by atoms with E-state index in [0.29, 0.717) is 11.9 Å². The molecular weight excluding hydrogens is 422 g/mol. The number of benzene rings is 1. The van der Waals surface area contributed by atoms with Gasteiger partial charge in [0, 0.05) is 50.8 Å². The fourth-order valence-corrected chi connectivity index (χ4v) is 5.49. The fraction of sp³-hybridized carbons (Fsp3) is 0.400. The molecule has 1 aromatic carbocycles. The zero-order valence-corrected chi connectivity index (χ0v) is 19.0. The number of nitrogens with zero attached hydrogens (tertiary/aromatic N) is 3. The first kappa shape index (κ1) is 21.5. The third kappa shape index (κ3) is 3.54. The van der Waals surface area contributed by atoms with Crippen LogP contribution in [0, 0.1) is 11.3 Å². The first-order chi connectivity index (χ1) is 15.8. The summed E-state index contributed by atoms with van der Waals surface area (Å²) in [4.78, 5) is 30.1. The maximum atomic E-state index is 12.5. The number of methoxy groups -OCH3 is 2. The van der Waals surface area contributed by atoms with Crippen molar-refractivity contribution in [2.24, 2.45) is 18.4 Å². The summed E-state index contributed by atoms with van der Waals surface area (Å²) in [6.45, 7) is 2.45.